The van der Waals surface area contributed by atoms with Gasteiger partial charge in [0.15, 0.2) is 0 Å². The van der Waals surface area contributed by atoms with Gasteiger partial charge < -0.3 is 10.4 Å². The second-order valence-corrected chi connectivity index (χ2v) is 5.75. The minimum absolute atomic E-state index is 0.127. The minimum atomic E-state index is -1.03. The molecule has 1 rings (SSSR count). The molecule has 0 bridgehead atoms. The first-order valence-corrected chi connectivity index (χ1v) is 6.94. The zero-order valence-electron chi connectivity index (χ0n) is 12.5. The van der Waals surface area contributed by atoms with Gasteiger partial charge in [-0.15, -0.1) is 0 Å². The lowest BCUT2D eigenvalue weighted by molar-refractivity contribution is 0.0697. The molecule has 0 fully saturated rings. The van der Waals surface area contributed by atoms with Gasteiger partial charge in [0.1, 0.15) is 0 Å². The smallest absolute Gasteiger partial charge is 0.335 e. The summed E-state index contributed by atoms with van der Waals surface area (Å²) in [4.78, 5) is 23.0. The fourth-order valence-corrected chi connectivity index (χ4v) is 2.35. The summed E-state index contributed by atoms with van der Waals surface area (Å²) < 4.78 is 0. The Bertz CT molecular complexity index is 472. The van der Waals surface area contributed by atoms with E-state index in [1.165, 1.54) is 12.1 Å². The average Bonchev–Trinajstić information content (AvgIpc) is 2.38. The Labute approximate surface area is 120 Å². The second-order valence-electron chi connectivity index (χ2n) is 5.75. The van der Waals surface area contributed by atoms with E-state index in [-0.39, 0.29) is 11.5 Å². The highest BCUT2D eigenvalue weighted by Gasteiger charge is 2.18. The molecule has 0 aliphatic heterocycles. The summed E-state index contributed by atoms with van der Waals surface area (Å²) in [6.07, 6.45) is 0. The number of aromatic carboxylic acids is 1. The van der Waals surface area contributed by atoms with Crippen LogP contribution < -0.4 is 5.32 Å². The van der Waals surface area contributed by atoms with Crippen molar-refractivity contribution >= 4 is 11.9 Å². The molecule has 20 heavy (non-hydrogen) atoms. The number of nitrogens with one attached hydrogen (secondary N) is 1. The van der Waals surface area contributed by atoms with E-state index in [9.17, 15) is 9.59 Å². The summed E-state index contributed by atoms with van der Waals surface area (Å²) in [7, 11) is 0. The van der Waals surface area contributed by atoms with Crippen LogP contribution in [0.3, 0.4) is 0 Å². The number of carboxylic acid groups (broad SMARTS) is 1. The highest BCUT2D eigenvalue weighted by atomic mass is 16.4. The fourth-order valence-electron chi connectivity index (χ4n) is 2.35. The van der Waals surface area contributed by atoms with Gasteiger partial charge >= 0.3 is 5.97 Å². The van der Waals surface area contributed by atoms with Crippen molar-refractivity contribution < 1.29 is 14.7 Å². The highest BCUT2D eigenvalue weighted by Crippen LogP contribution is 2.19. The first-order valence-electron chi connectivity index (χ1n) is 6.94. The Morgan fingerprint density at radius 3 is 2.15 bits per heavy atom. The predicted molar refractivity (Wildman–Crippen MR) is 78.9 cm³/mol. The summed E-state index contributed by atoms with van der Waals surface area (Å²) in [6, 6.07) is 6.09. The van der Waals surface area contributed by atoms with Gasteiger partial charge in [0.2, 0.25) is 0 Å². The van der Waals surface area contributed by atoms with E-state index in [4.69, 9.17) is 5.11 Å². The fraction of sp³-hybridized carbons (Fsp3) is 0.500. The summed E-state index contributed by atoms with van der Waals surface area (Å²) in [5.41, 5.74) is 0.512. The van der Waals surface area contributed by atoms with Crippen molar-refractivity contribution in [3.8, 4) is 0 Å². The predicted octanol–water partition coefficient (Wildman–Crippen LogP) is 3.04. The number of rotatable bonds is 6. The molecule has 0 heterocycles. The SMILES string of the molecule is CC(C)C(CNC(=O)c1cccc(C(=O)O)c1)C(C)C. The van der Waals surface area contributed by atoms with Crippen molar-refractivity contribution in [2.24, 2.45) is 17.8 Å². The first kappa shape index (κ1) is 16.2. The Kier molecular flexibility index (Phi) is 5.74. The number of amides is 1. The molecule has 4 nitrogen and oxygen atoms in total. The van der Waals surface area contributed by atoms with E-state index in [0.29, 0.717) is 29.9 Å². The van der Waals surface area contributed by atoms with Crippen LogP contribution >= 0.6 is 0 Å². The van der Waals surface area contributed by atoms with Crippen LogP contribution in [0.2, 0.25) is 0 Å². The van der Waals surface area contributed by atoms with E-state index in [2.05, 4.69) is 33.0 Å². The molecule has 0 unspecified atom stereocenters. The summed E-state index contributed by atoms with van der Waals surface area (Å²) in [5.74, 6) is 0.129. The lowest BCUT2D eigenvalue weighted by atomic mass is 9.85. The van der Waals surface area contributed by atoms with Gasteiger partial charge in [-0.25, -0.2) is 4.79 Å². The van der Waals surface area contributed by atoms with Crippen LogP contribution in [0.25, 0.3) is 0 Å². The number of carbonyl (C=O) groups is 2. The van der Waals surface area contributed by atoms with Gasteiger partial charge in [-0.1, -0.05) is 33.8 Å². The monoisotopic (exact) mass is 277 g/mol. The Hall–Kier alpha value is -1.84. The van der Waals surface area contributed by atoms with Crippen molar-refractivity contribution in [3.05, 3.63) is 35.4 Å². The maximum absolute atomic E-state index is 12.1. The minimum Gasteiger partial charge on any atom is -0.478 e. The molecule has 4 heteroatoms. The van der Waals surface area contributed by atoms with Crippen molar-refractivity contribution in [1.29, 1.82) is 0 Å². The van der Waals surface area contributed by atoms with Crippen LogP contribution in [-0.4, -0.2) is 23.5 Å². The first-order chi connectivity index (χ1) is 9.32. The van der Waals surface area contributed by atoms with Gasteiger partial charge in [-0.05, 0) is 36.0 Å². The molecule has 2 N–H and O–H groups in total. The zero-order chi connectivity index (χ0) is 15.3. The standard InChI is InChI=1S/C16H23NO3/c1-10(2)14(11(3)4)9-17-15(18)12-6-5-7-13(8-12)16(19)20/h5-8,10-11,14H,9H2,1-4H3,(H,17,18)(H,19,20). The van der Waals surface area contributed by atoms with Crippen LogP contribution in [0.4, 0.5) is 0 Å². The molecule has 1 amide bonds. The Morgan fingerprint density at radius 2 is 1.65 bits per heavy atom. The number of hydrogen-bond acceptors (Lipinski definition) is 2. The number of carboxylic acids is 1. The number of benzene rings is 1. The molecule has 0 aromatic heterocycles. The van der Waals surface area contributed by atoms with Crippen LogP contribution in [0, 0.1) is 17.8 Å². The van der Waals surface area contributed by atoms with Gasteiger partial charge in [0.25, 0.3) is 5.91 Å². The molecular formula is C16H23NO3. The van der Waals surface area contributed by atoms with E-state index in [1.54, 1.807) is 12.1 Å². The van der Waals surface area contributed by atoms with Crippen LogP contribution in [0.15, 0.2) is 24.3 Å². The van der Waals surface area contributed by atoms with Crippen molar-refractivity contribution in [3.63, 3.8) is 0 Å². The van der Waals surface area contributed by atoms with E-state index >= 15 is 0 Å². The zero-order valence-corrected chi connectivity index (χ0v) is 12.5. The van der Waals surface area contributed by atoms with Crippen molar-refractivity contribution in [1.82, 2.24) is 5.32 Å². The summed E-state index contributed by atoms with van der Waals surface area (Å²) >= 11 is 0. The third kappa shape index (κ3) is 4.37. The number of hydrogen-bond donors (Lipinski definition) is 2. The molecule has 110 valence electrons. The van der Waals surface area contributed by atoms with Gasteiger partial charge in [0, 0.05) is 12.1 Å². The largest absolute Gasteiger partial charge is 0.478 e. The van der Waals surface area contributed by atoms with Gasteiger partial charge in [-0.2, -0.15) is 0 Å². The van der Waals surface area contributed by atoms with E-state index in [1.807, 2.05) is 0 Å². The molecule has 1 aromatic rings. The maximum Gasteiger partial charge on any atom is 0.335 e. The van der Waals surface area contributed by atoms with E-state index < -0.39 is 5.97 Å². The molecule has 0 aliphatic carbocycles. The third-order valence-corrected chi connectivity index (χ3v) is 3.58. The molecular weight excluding hydrogens is 254 g/mol. The van der Waals surface area contributed by atoms with Crippen molar-refractivity contribution in [2.45, 2.75) is 27.7 Å². The van der Waals surface area contributed by atoms with Gasteiger partial charge in [0.05, 0.1) is 5.56 Å². The quantitative estimate of drug-likeness (QED) is 0.840. The van der Waals surface area contributed by atoms with E-state index in [0.717, 1.165) is 0 Å². The lowest BCUT2D eigenvalue weighted by Crippen LogP contribution is -2.34. The summed E-state index contributed by atoms with van der Waals surface area (Å²) in [5, 5.41) is 11.8. The molecule has 1 aromatic carbocycles. The van der Waals surface area contributed by atoms with Crippen LogP contribution in [0.5, 0.6) is 0 Å². The molecule has 0 atom stereocenters. The van der Waals surface area contributed by atoms with Gasteiger partial charge in [-0.3, -0.25) is 4.79 Å². The molecule has 0 radical (unpaired) electrons. The molecule has 0 saturated carbocycles. The third-order valence-electron chi connectivity index (χ3n) is 3.58. The Balaban J connectivity index is 2.72. The maximum atomic E-state index is 12.1. The Morgan fingerprint density at radius 1 is 1.10 bits per heavy atom. The number of carbonyl (C=O) groups excluding carboxylic acids is 1. The molecule has 0 saturated heterocycles. The average molecular weight is 277 g/mol. The topological polar surface area (TPSA) is 66.4 Å². The lowest BCUT2D eigenvalue weighted by Gasteiger charge is -2.25. The molecule has 0 spiro atoms. The highest BCUT2D eigenvalue weighted by molar-refractivity contribution is 5.97. The molecule has 0 aliphatic rings. The second kappa shape index (κ2) is 7.08. The van der Waals surface area contributed by atoms with Crippen LogP contribution in [0.1, 0.15) is 48.4 Å². The summed E-state index contributed by atoms with van der Waals surface area (Å²) in [6.45, 7) is 9.17. The van der Waals surface area contributed by atoms with Crippen molar-refractivity contribution in [2.75, 3.05) is 6.54 Å². The normalized spacial score (nSPS) is 11.2. The van der Waals surface area contributed by atoms with Crippen LogP contribution in [-0.2, 0) is 0 Å².